The van der Waals surface area contributed by atoms with E-state index in [0.717, 1.165) is 29.5 Å². The summed E-state index contributed by atoms with van der Waals surface area (Å²) in [6.07, 6.45) is 7.03. The molecular formula is C34H33N2O7S2+. The van der Waals surface area contributed by atoms with Gasteiger partial charge in [-0.15, -0.1) is 0 Å². The number of carbonyl (C=O) groups excluding carboxylic acids is 4. The number of nitrogens with zero attached hydrogens (tertiary/aromatic N) is 2. The molecule has 45 heavy (non-hydrogen) atoms. The van der Waals surface area contributed by atoms with E-state index in [4.69, 9.17) is 14.2 Å². The van der Waals surface area contributed by atoms with Gasteiger partial charge in [-0.3, -0.25) is 19.3 Å². The minimum absolute atomic E-state index is 0.0343. The van der Waals surface area contributed by atoms with Crippen molar-refractivity contribution in [2.75, 3.05) is 0 Å². The lowest BCUT2D eigenvalue weighted by atomic mass is 9.82. The molecule has 9 nitrogen and oxygen atoms in total. The maximum atomic E-state index is 14.9. The number of ether oxygens (including phenoxy) is 3. The fraction of sp³-hybridized carbons (Fsp3) is 0.412. The van der Waals surface area contributed by atoms with Crippen molar-refractivity contribution in [1.29, 1.82) is 0 Å². The number of esters is 2. The fourth-order valence-corrected chi connectivity index (χ4v) is 12.5. The molecule has 0 radical (unpaired) electrons. The lowest BCUT2D eigenvalue weighted by molar-refractivity contribution is -0.758. The molecule has 5 aliphatic heterocycles. The standard InChI is InChI=1S/C34H33N2O7S2/c37-28(16-21-8-3-1-4-9-21)42-26-14-15-41-20-24-19-34-33(40)36(45-44-34)25(32(39)35(34)30(24)26)18-23-12-7-13-27(31(23)36)43-29(38)17-22-10-5-2-6-11-22/h1-6,8-11,14-15,20,23,25-27,30-31H,7,12-13,16-19H2/q+1/t23-,25-,26-,27-,30-,31-,34-,36-/m0/s1. The summed E-state index contributed by atoms with van der Waals surface area (Å²) in [7, 11) is 2.88. The molecule has 0 aromatic heterocycles. The minimum atomic E-state index is -1.15. The highest BCUT2D eigenvalue weighted by molar-refractivity contribution is 8.75. The molecule has 11 heteroatoms. The van der Waals surface area contributed by atoms with Crippen LogP contribution < -0.4 is 0 Å². The third-order valence-corrected chi connectivity index (χ3v) is 13.7. The maximum absolute atomic E-state index is 14.9. The molecule has 2 aromatic rings. The van der Waals surface area contributed by atoms with Crippen LogP contribution in [0, 0.1) is 5.92 Å². The molecule has 0 unspecified atom stereocenters. The Bertz CT molecular complexity index is 1620. The van der Waals surface area contributed by atoms with Crippen LogP contribution in [0.15, 0.2) is 84.8 Å². The van der Waals surface area contributed by atoms with Gasteiger partial charge in [0.2, 0.25) is 4.87 Å². The van der Waals surface area contributed by atoms with E-state index in [1.165, 1.54) is 28.0 Å². The molecule has 1 saturated carbocycles. The van der Waals surface area contributed by atoms with Gasteiger partial charge in [0, 0.05) is 29.6 Å². The predicted octanol–water partition coefficient (Wildman–Crippen LogP) is 4.63. The molecule has 0 N–H and O–H groups in total. The summed E-state index contributed by atoms with van der Waals surface area (Å²) < 4.78 is 17.8. The zero-order chi connectivity index (χ0) is 30.8. The van der Waals surface area contributed by atoms with E-state index in [0.29, 0.717) is 12.8 Å². The summed E-state index contributed by atoms with van der Waals surface area (Å²) >= 11 is 0. The molecule has 5 fully saturated rings. The normalized spacial score (nSPS) is 35.7. The predicted molar refractivity (Wildman–Crippen MR) is 166 cm³/mol. The van der Waals surface area contributed by atoms with Crippen LogP contribution in [0.2, 0.25) is 0 Å². The fourth-order valence-electron chi connectivity index (χ4n) is 8.37. The van der Waals surface area contributed by atoms with E-state index in [2.05, 4.69) is 0 Å². The van der Waals surface area contributed by atoms with Crippen molar-refractivity contribution in [3.05, 3.63) is 96.0 Å². The molecule has 5 heterocycles. The summed E-state index contributed by atoms with van der Waals surface area (Å²) in [5.74, 6) is -0.785. The number of hydrogen-bond donors (Lipinski definition) is 0. The number of amides is 2. The highest BCUT2D eigenvalue weighted by Gasteiger charge is 2.83. The highest BCUT2D eigenvalue weighted by atomic mass is 33.1. The van der Waals surface area contributed by atoms with Gasteiger partial charge in [-0.2, -0.15) is 3.89 Å². The monoisotopic (exact) mass is 645 g/mol. The van der Waals surface area contributed by atoms with Crippen molar-refractivity contribution in [3.8, 4) is 0 Å². The molecule has 2 amide bonds. The van der Waals surface area contributed by atoms with Crippen molar-refractivity contribution in [2.45, 2.75) is 80.2 Å². The second kappa shape index (κ2) is 11.1. The van der Waals surface area contributed by atoms with Gasteiger partial charge in [-0.1, -0.05) is 60.7 Å². The maximum Gasteiger partial charge on any atom is 0.364 e. The Hall–Kier alpha value is -3.54. The van der Waals surface area contributed by atoms with Gasteiger partial charge in [-0.05, 0) is 42.0 Å². The Morgan fingerprint density at radius 2 is 1.64 bits per heavy atom. The molecular weight excluding hydrogens is 613 g/mol. The first-order valence-corrected chi connectivity index (χ1v) is 17.6. The molecule has 2 bridgehead atoms. The number of benzene rings is 2. The summed E-state index contributed by atoms with van der Waals surface area (Å²) in [6.45, 7) is 0. The Labute approximate surface area is 269 Å². The molecule has 2 spiro atoms. The van der Waals surface area contributed by atoms with Crippen molar-refractivity contribution >= 4 is 45.5 Å². The van der Waals surface area contributed by atoms with E-state index >= 15 is 0 Å². The van der Waals surface area contributed by atoms with E-state index < -0.39 is 35.1 Å². The first kappa shape index (κ1) is 28.9. The highest BCUT2D eigenvalue weighted by Crippen LogP contribution is 2.70. The molecule has 232 valence electrons. The van der Waals surface area contributed by atoms with Crippen LogP contribution in [0.25, 0.3) is 0 Å². The van der Waals surface area contributed by atoms with Crippen LogP contribution in [0.5, 0.6) is 0 Å². The topological polar surface area (TPSA) is 99.2 Å². The molecule has 1 aliphatic carbocycles. The second-order valence-corrected chi connectivity index (χ2v) is 15.2. The first-order valence-electron chi connectivity index (χ1n) is 15.5. The van der Waals surface area contributed by atoms with Gasteiger partial charge in [-0.25, -0.2) is 4.79 Å². The molecule has 8 rings (SSSR count). The number of quaternary nitrogens is 1. The van der Waals surface area contributed by atoms with E-state index in [1.807, 2.05) is 60.7 Å². The average Bonchev–Trinajstić information content (AvgIpc) is 3.58. The van der Waals surface area contributed by atoms with Gasteiger partial charge in [0.15, 0.2) is 23.1 Å². The van der Waals surface area contributed by atoms with E-state index in [9.17, 15) is 19.2 Å². The summed E-state index contributed by atoms with van der Waals surface area (Å²) in [6, 6.07) is 17.3. The third-order valence-electron chi connectivity index (χ3n) is 10.1. The van der Waals surface area contributed by atoms with E-state index in [1.54, 1.807) is 17.2 Å². The smallest absolute Gasteiger partial charge is 0.364 e. The summed E-state index contributed by atoms with van der Waals surface area (Å²) in [4.78, 5) is 56.4. The van der Waals surface area contributed by atoms with Crippen molar-refractivity contribution in [2.24, 2.45) is 5.92 Å². The number of rotatable bonds is 6. The number of piperazine rings is 1. The Morgan fingerprint density at radius 3 is 2.36 bits per heavy atom. The quantitative estimate of drug-likeness (QED) is 0.193. The first-order chi connectivity index (χ1) is 21.9. The molecule has 6 aliphatic rings. The van der Waals surface area contributed by atoms with E-state index in [-0.39, 0.29) is 52.9 Å². The van der Waals surface area contributed by atoms with Crippen LogP contribution in [-0.4, -0.2) is 67.7 Å². The number of fused-ring (bicyclic) bond motifs is 3. The Morgan fingerprint density at radius 1 is 0.956 bits per heavy atom. The lowest BCUT2D eigenvalue weighted by Crippen LogP contribution is -2.73. The zero-order valence-corrected chi connectivity index (χ0v) is 26.1. The van der Waals surface area contributed by atoms with Gasteiger partial charge < -0.3 is 14.2 Å². The lowest BCUT2D eigenvalue weighted by Gasteiger charge is -2.46. The molecule has 4 saturated heterocycles. The van der Waals surface area contributed by atoms with Crippen LogP contribution in [0.1, 0.15) is 43.2 Å². The van der Waals surface area contributed by atoms with Gasteiger partial charge in [0.1, 0.15) is 12.1 Å². The minimum Gasteiger partial charge on any atom is -0.473 e. The molecule has 2 aromatic carbocycles. The van der Waals surface area contributed by atoms with Crippen LogP contribution in [0.4, 0.5) is 0 Å². The molecule has 8 atom stereocenters. The largest absolute Gasteiger partial charge is 0.473 e. The Kier molecular flexibility index (Phi) is 7.11. The van der Waals surface area contributed by atoms with Gasteiger partial charge in [0.25, 0.3) is 5.91 Å². The van der Waals surface area contributed by atoms with Crippen LogP contribution >= 0.6 is 21.8 Å². The zero-order valence-electron chi connectivity index (χ0n) is 24.5. The SMILES string of the molecule is O=C(Cc1ccccc1)O[C@H]1C=COC=C2C[C@]34SS[N@+]5(C3=O)[C@H]3[C@@H](CCC[C@@H]3OC(=O)Cc3ccccc3)C[C@H]5C(=O)N4[C@@H]21. The van der Waals surface area contributed by atoms with Crippen LogP contribution in [-0.2, 0) is 46.2 Å². The van der Waals surface area contributed by atoms with Crippen molar-refractivity contribution in [1.82, 2.24) is 4.90 Å². The third kappa shape index (κ3) is 4.49. The number of hydrogen-bond acceptors (Lipinski definition) is 9. The van der Waals surface area contributed by atoms with Gasteiger partial charge >= 0.3 is 17.8 Å². The van der Waals surface area contributed by atoms with Gasteiger partial charge in [0.05, 0.1) is 31.4 Å². The number of carbonyl (C=O) groups is 4. The Balaban J connectivity index is 1.08. The summed E-state index contributed by atoms with van der Waals surface area (Å²) in [5.41, 5.74) is 2.46. The average molecular weight is 646 g/mol. The van der Waals surface area contributed by atoms with Crippen molar-refractivity contribution in [3.63, 3.8) is 0 Å². The second-order valence-electron chi connectivity index (χ2n) is 12.7. The van der Waals surface area contributed by atoms with Crippen LogP contribution in [0.3, 0.4) is 0 Å². The summed E-state index contributed by atoms with van der Waals surface area (Å²) in [5, 5.41) is 0. The van der Waals surface area contributed by atoms with Crippen molar-refractivity contribution < 1.29 is 37.3 Å².